The van der Waals surface area contributed by atoms with Crippen molar-refractivity contribution >= 4 is 5.91 Å². The number of aromatic amines is 1. The van der Waals surface area contributed by atoms with Gasteiger partial charge >= 0.3 is 0 Å². The first kappa shape index (κ1) is 16.4. The van der Waals surface area contributed by atoms with Gasteiger partial charge in [0, 0.05) is 25.1 Å². The second kappa shape index (κ2) is 7.40. The highest BCUT2D eigenvalue weighted by atomic mass is 16.5. The number of hydrogen-bond donors (Lipinski definition) is 2. The summed E-state index contributed by atoms with van der Waals surface area (Å²) in [7, 11) is 0. The molecule has 2 N–H and O–H groups in total. The van der Waals surface area contributed by atoms with Crippen molar-refractivity contribution in [3.05, 3.63) is 63.6 Å². The molecular formula is C18H21N3O3. The van der Waals surface area contributed by atoms with Crippen molar-refractivity contribution in [2.24, 2.45) is 5.92 Å². The van der Waals surface area contributed by atoms with Gasteiger partial charge in [-0.15, -0.1) is 0 Å². The van der Waals surface area contributed by atoms with Gasteiger partial charge < -0.3 is 10.1 Å². The Labute approximate surface area is 140 Å². The lowest BCUT2D eigenvalue weighted by atomic mass is 9.89. The maximum Gasteiger partial charge on any atom is 0.271 e. The van der Waals surface area contributed by atoms with Crippen LogP contribution in [0.5, 0.6) is 0 Å². The number of hydrogen-bond acceptors (Lipinski definition) is 4. The first-order chi connectivity index (χ1) is 11.6. The van der Waals surface area contributed by atoms with Crippen molar-refractivity contribution in [1.82, 2.24) is 15.5 Å². The van der Waals surface area contributed by atoms with Crippen LogP contribution in [0.2, 0.25) is 0 Å². The van der Waals surface area contributed by atoms with Gasteiger partial charge in [-0.25, -0.2) is 5.10 Å². The van der Waals surface area contributed by atoms with Gasteiger partial charge in [-0.2, -0.15) is 5.10 Å². The SMILES string of the molecule is Cc1ccc([C@@H]2OCCC[C@H]2CNC(=O)c2ccc(=O)[nH]n2)cc1. The second-order valence-electron chi connectivity index (χ2n) is 6.12. The molecule has 1 aliphatic heterocycles. The van der Waals surface area contributed by atoms with Gasteiger partial charge in [0.25, 0.3) is 11.5 Å². The third-order valence-electron chi connectivity index (χ3n) is 4.29. The minimum Gasteiger partial charge on any atom is -0.373 e. The summed E-state index contributed by atoms with van der Waals surface area (Å²) in [5.74, 6) is -0.0763. The molecule has 6 nitrogen and oxygen atoms in total. The molecule has 0 aliphatic carbocycles. The average molecular weight is 327 g/mol. The van der Waals surface area contributed by atoms with Gasteiger partial charge in [0.15, 0.2) is 0 Å². The van der Waals surface area contributed by atoms with E-state index in [1.807, 2.05) is 0 Å². The van der Waals surface area contributed by atoms with Crippen molar-refractivity contribution in [1.29, 1.82) is 0 Å². The number of nitrogens with one attached hydrogen (secondary N) is 2. The third kappa shape index (κ3) is 3.89. The van der Waals surface area contributed by atoms with Crippen molar-refractivity contribution in [3.8, 4) is 0 Å². The van der Waals surface area contributed by atoms with Crippen LogP contribution in [0.3, 0.4) is 0 Å². The van der Waals surface area contributed by atoms with Gasteiger partial charge in [0.05, 0.1) is 6.10 Å². The van der Waals surface area contributed by atoms with Gasteiger partial charge in [0.2, 0.25) is 0 Å². The Morgan fingerprint density at radius 3 is 2.79 bits per heavy atom. The molecule has 1 aromatic heterocycles. The molecule has 6 heteroatoms. The molecule has 1 amide bonds. The van der Waals surface area contributed by atoms with Crippen molar-refractivity contribution < 1.29 is 9.53 Å². The summed E-state index contributed by atoms with van der Waals surface area (Å²) in [6, 6.07) is 11.0. The Hall–Kier alpha value is -2.47. The van der Waals surface area contributed by atoms with Gasteiger partial charge in [-0.3, -0.25) is 9.59 Å². The number of rotatable bonds is 4. The molecule has 3 rings (SSSR count). The summed E-state index contributed by atoms with van der Waals surface area (Å²) in [6.07, 6.45) is 1.97. The quantitative estimate of drug-likeness (QED) is 0.899. The lowest BCUT2D eigenvalue weighted by molar-refractivity contribution is -0.0272. The predicted molar refractivity (Wildman–Crippen MR) is 89.8 cm³/mol. The number of ether oxygens (including phenoxy) is 1. The van der Waals surface area contributed by atoms with Crippen LogP contribution in [0.15, 0.2) is 41.2 Å². The topological polar surface area (TPSA) is 84.1 Å². The Morgan fingerprint density at radius 1 is 1.29 bits per heavy atom. The fraction of sp³-hybridized carbons (Fsp3) is 0.389. The predicted octanol–water partition coefficient (Wildman–Crippen LogP) is 1.98. The number of H-pyrrole nitrogens is 1. The van der Waals surface area contributed by atoms with E-state index >= 15 is 0 Å². The lowest BCUT2D eigenvalue weighted by Crippen LogP contribution is -2.35. The largest absolute Gasteiger partial charge is 0.373 e. The van der Waals surface area contributed by atoms with E-state index in [1.54, 1.807) is 0 Å². The molecule has 24 heavy (non-hydrogen) atoms. The second-order valence-corrected chi connectivity index (χ2v) is 6.12. The highest BCUT2D eigenvalue weighted by Gasteiger charge is 2.28. The van der Waals surface area contributed by atoms with E-state index in [-0.39, 0.29) is 29.2 Å². The number of nitrogens with zero attached hydrogens (tertiary/aromatic N) is 1. The molecule has 2 atom stereocenters. The minimum absolute atomic E-state index is 0.0109. The Morgan fingerprint density at radius 2 is 2.08 bits per heavy atom. The highest BCUT2D eigenvalue weighted by Crippen LogP contribution is 2.33. The van der Waals surface area contributed by atoms with E-state index in [4.69, 9.17) is 4.74 Å². The fourth-order valence-corrected chi connectivity index (χ4v) is 2.96. The van der Waals surface area contributed by atoms with Gasteiger partial charge in [-0.1, -0.05) is 29.8 Å². The number of aromatic nitrogens is 2. The summed E-state index contributed by atoms with van der Waals surface area (Å²) in [5.41, 5.74) is 2.23. The maximum absolute atomic E-state index is 12.1. The molecule has 1 aliphatic rings. The monoisotopic (exact) mass is 327 g/mol. The number of amides is 1. The van der Waals surface area contributed by atoms with Gasteiger partial charge in [-0.05, 0) is 31.4 Å². The standard InChI is InChI=1S/C18H21N3O3/c1-12-4-6-13(7-5-12)17-14(3-2-10-24-17)11-19-18(23)15-8-9-16(22)21-20-15/h4-9,14,17H,2-3,10-11H2,1H3,(H,19,23)(H,21,22)/t14-,17-/m0/s1. The van der Waals surface area contributed by atoms with Crippen LogP contribution >= 0.6 is 0 Å². The van der Waals surface area contributed by atoms with Gasteiger partial charge in [0.1, 0.15) is 5.69 Å². The third-order valence-corrected chi connectivity index (χ3v) is 4.29. The Balaban J connectivity index is 1.65. The number of carbonyl (C=O) groups is 1. The molecular weight excluding hydrogens is 306 g/mol. The van der Waals surface area contributed by atoms with Crippen molar-refractivity contribution in [3.63, 3.8) is 0 Å². The zero-order valence-corrected chi connectivity index (χ0v) is 13.6. The molecule has 0 radical (unpaired) electrons. The van der Waals surface area contributed by atoms with Crippen molar-refractivity contribution in [2.75, 3.05) is 13.2 Å². The van der Waals surface area contributed by atoms with E-state index in [9.17, 15) is 9.59 Å². The molecule has 1 aromatic carbocycles. The van der Waals surface area contributed by atoms with Crippen LogP contribution in [-0.2, 0) is 4.74 Å². The van der Waals surface area contributed by atoms with Crippen molar-refractivity contribution in [2.45, 2.75) is 25.9 Å². The van der Waals surface area contributed by atoms with E-state index in [0.29, 0.717) is 6.54 Å². The average Bonchev–Trinajstić information content (AvgIpc) is 2.61. The highest BCUT2D eigenvalue weighted by molar-refractivity contribution is 5.91. The summed E-state index contributed by atoms with van der Waals surface area (Å²) in [5, 5.41) is 8.91. The molecule has 0 unspecified atom stereocenters. The summed E-state index contributed by atoms with van der Waals surface area (Å²) in [6.45, 7) is 3.31. The zero-order chi connectivity index (χ0) is 16.9. The van der Waals surface area contributed by atoms with E-state index in [1.165, 1.54) is 17.7 Å². The first-order valence-corrected chi connectivity index (χ1v) is 8.15. The number of carbonyl (C=O) groups excluding carboxylic acids is 1. The van der Waals surface area contributed by atoms with Crippen LogP contribution in [0, 0.1) is 12.8 Å². The fourth-order valence-electron chi connectivity index (χ4n) is 2.96. The molecule has 2 aromatic rings. The number of aryl methyl sites for hydroxylation is 1. The maximum atomic E-state index is 12.1. The van der Waals surface area contributed by atoms with E-state index in [0.717, 1.165) is 25.0 Å². The summed E-state index contributed by atoms with van der Waals surface area (Å²) in [4.78, 5) is 23.2. The van der Waals surface area contributed by atoms with Crippen LogP contribution < -0.4 is 10.9 Å². The summed E-state index contributed by atoms with van der Waals surface area (Å²) < 4.78 is 5.96. The Bertz CT molecular complexity index is 734. The first-order valence-electron chi connectivity index (χ1n) is 8.15. The smallest absolute Gasteiger partial charge is 0.271 e. The minimum atomic E-state index is -0.327. The number of benzene rings is 1. The molecule has 2 heterocycles. The summed E-state index contributed by atoms with van der Waals surface area (Å²) >= 11 is 0. The zero-order valence-electron chi connectivity index (χ0n) is 13.6. The lowest BCUT2D eigenvalue weighted by Gasteiger charge is -2.32. The molecule has 0 saturated carbocycles. The normalized spacial score (nSPS) is 20.5. The van der Waals surface area contributed by atoms with E-state index in [2.05, 4.69) is 46.7 Å². The van der Waals surface area contributed by atoms with Crippen LogP contribution in [0.1, 0.15) is 40.6 Å². The molecule has 126 valence electrons. The molecule has 0 spiro atoms. The Kier molecular flexibility index (Phi) is 5.05. The van der Waals surface area contributed by atoms with Crippen LogP contribution in [0.4, 0.5) is 0 Å². The van der Waals surface area contributed by atoms with Crippen LogP contribution in [-0.4, -0.2) is 29.3 Å². The molecule has 1 fully saturated rings. The molecule has 1 saturated heterocycles. The molecule has 0 bridgehead atoms. The van der Waals surface area contributed by atoms with Crippen LogP contribution in [0.25, 0.3) is 0 Å². The van der Waals surface area contributed by atoms with E-state index < -0.39 is 0 Å².